The van der Waals surface area contributed by atoms with Crippen molar-refractivity contribution in [3.05, 3.63) is 64.7 Å². The number of carbonyl (C=O) groups is 1. The highest BCUT2D eigenvalue weighted by Crippen LogP contribution is 2.22. The summed E-state index contributed by atoms with van der Waals surface area (Å²) in [5, 5.41) is 0.605. The number of hydrogen-bond donors (Lipinski definition) is 1. The number of halogens is 1. The van der Waals surface area contributed by atoms with Crippen LogP contribution in [-0.2, 0) is 21.4 Å². The SMILES string of the molecule is CC(N=C1NS(=O)(=O)c2ccccc21)C(=O)N(C)Cc1cccc(Cl)c1. The average Bonchev–Trinajstić information content (AvgIpc) is 2.85. The summed E-state index contributed by atoms with van der Waals surface area (Å²) in [5.41, 5.74) is 1.38. The molecule has 2 aromatic carbocycles. The van der Waals surface area contributed by atoms with Crippen molar-refractivity contribution in [2.45, 2.75) is 24.4 Å². The number of benzene rings is 2. The topological polar surface area (TPSA) is 78.8 Å². The lowest BCUT2D eigenvalue weighted by Gasteiger charge is -2.20. The van der Waals surface area contributed by atoms with Crippen molar-refractivity contribution in [3.8, 4) is 0 Å². The van der Waals surface area contributed by atoms with Crippen LogP contribution in [-0.4, -0.2) is 38.2 Å². The van der Waals surface area contributed by atoms with Crippen molar-refractivity contribution in [2.75, 3.05) is 7.05 Å². The Morgan fingerprint density at radius 1 is 1.23 bits per heavy atom. The smallest absolute Gasteiger partial charge is 0.263 e. The highest BCUT2D eigenvalue weighted by molar-refractivity contribution is 7.90. The molecule has 2 aromatic rings. The van der Waals surface area contributed by atoms with Gasteiger partial charge in [-0.3, -0.25) is 14.5 Å². The fourth-order valence-electron chi connectivity index (χ4n) is 2.78. The van der Waals surface area contributed by atoms with Gasteiger partial charge < -0.3 is 4.90 Å². The number of likely N-dealkylation sites (N-methyl/N-ethyl adjacent to an activating group) is 1. The maximum atomic E-state index is 12.6. The number of carbonyl (C=O) groups excluding carboxylic acids is 1. The zero-order valence-corrected chi connectivity index (χ0v) is 15.9. The normalized spacial score (nSPS) is 17.4. The van der Waals surface area contributed by atoms with E-state index >= 15 is 0 Å². The van der Waals surface area contributed by atoms with Gasteiger partial charge in [0.2, 0.25) is 5.91 Å². The lowest BCUT2D eigenvalue weighted by molar-refractivity contribution is -0.131. The molecular weight excluding hydrogens is 374 g/mol. The summed E-state index contributed by atoms with van der Waals surface area (Å²) < 4.78 is 26.7. The van der Waals surface area contributed by atoms with Gasteiger partial charge in [-0.25, -0.2) is 8.42 Å². The third-order valence-corrected chi connectivity index (χ3v) is 5.66. The van der Waals surface area contributed by atoms with Gasteiger partial charge in [-0.05, 0) is 36.8 Å². The number of nitrogens with one attached hydrogen (secondary N) is 1. The molecule has 1 unspecified atom stereocenters. The molecule has 0 spiro atoms. The molecule has 0 radical (unpaired) electrons. The Morgan fingerprint density at radius 2 is 1.96 bits per heavy atom. The van der Waals surface area contributed by atoms with Crippen LogP contribution in [0.1, 0.15) is 18.1 Å². The van der Waals surface area contributed by atoms with E-state index < -0.39 is 16.1 Å². The predicted octanol–water partition coefficient (Wildman–Crippen LogP) is 2.43. The van der Waals surface area contributed by atoms with Crippen LogP contribution < -0.4 is 4.72 Å². The number of rotatable bonds is 4. The lowest BCUT2D eigenvalue weighted by Crippen LogP contribution is -2.35. The first kappa shape index (κ1) is 18.4. The molecule has 136 valence electrons. The lowest BCUT2D eigenvalue weighted by atomic mass is 10.2. The van der Waals surface area contributed by atoms with Gasteiger partial charge in [0, 0.05) is 24.2 Å². The molecule has 1 amide bonds. The standard InChI is InChI=1S/C18H18ClN3O3S/c1-12(18(23)22(2)11-13-6-5-7-14(19)10-13)20-17-15-8-3-4-9-16(15)26(24,25)21-17/h3-10,12H,11H2,1-2H3,(H,20,21). The molecular formula is C18H18ClN3O3S. The summed E-state index contributed by atoms with van der Waals surface area (Å²) in [6.45, 7) is 2.02. The van der Waals surface area contributed by atoms with Crippen LogP contribution in [0.5, 0.6) is 0 Å². The van der Waals surface area contributed by atoms with Crippen molar-refractivity contribution in [3.63, 3.8) is 0 Å². The molecule has 8 heteroatoms. The number of aliphatic imine (C=N–C) groups is 1. The second-order valence-corrected chi connectivity index (χ2v) is 8.17. The predicted molar refractivity (Wildman–Crippen MR) is 101 cm³/mol. The molecule has 1 aliphatic heterocycles. The molecule has 26 heavy (non-hydrogen) atoms. The molecule has 1 N–H and O–H groups in total. The minimum absolute atomic E-state index is 0.172. The van der Waals surface area contributed by atoms with Crippen molar-refractivity contribution in [1.29, 1.82) is 0 Å². The summed E-state index contributed by atoms with van der Waals surface area (Å²) in [5.74, 6) is -0.0290. The highest BCUT2D eigenvalue weighted by atomic mass is 35.5. The maximum absolute atomic E-state index is 12.6. The Balaban J connectivity index is 1.78. The Morgan fingerprint density at radius 3 is 2.69 bits per heavy atom. The third kappa shape index (κ3) is 3.73. The molecule has 0 aliphatic carbocycles. The van der Waals surface area contributed by atoms with Gasteiger partial charge in [0.25, 0.3) is 10.0 Å². The van der Waals surface area contributed by atoms with Crippen LogP contribution in [0.25, 0.3) is 0 Å². The van der Waals surface area contributed by atoms with Crippen LogP contribution in [0.15, 0.2) is 58.4 Å². The van der Waals surface area contributed by atoms with E-state index in [0.29, 0.717) is 17.1 Å². The number of nitrogens with zero attached hydrogens (tertiary/aromatic N) is 2. The Bertz CT molecular complexity index is 989. The Labute approximate surface area is 157 Å². The van der Waals surface area contributed by atoms with E-state index in [0.717, 1.165) is 5.56 Å². The Hall–Kier alpha value is -2.38. The van der Waals surface area contributed by atoms with Crippen LogP contribution in [0.3, 0.4) is 0 Å². The first-order chi connectivity index (χ1) is 12.3. The van der Waals surface area contributed by atoms with Crippen LogP contribution in [0.2, 0.25) is 5.02 Å². The van der Waals surface area contributed by atoms with Gasteiger partial charge in [-0.1, -0.05) is 35.9 Å². The zero-order chi connectivity index (χ0) is 18.9. The molecule has 0 bridgehead atoms. The molecule has 1 aliphatic rings. The quantitative estimate of drug-likeness (QED) is 0.869. The average molecular weight is 392 g/mol. The van der Waals surface area contributed by atoms with Gasteiger partial charge >= 0.3 is 0 Å². The minimum Gasteiger partial charge on any atom is -0.340 e. The van der Waals surface area contributed by atoms with E-state index in [4.69, 9.17) is 11.6 Å². The first-order valence-corrected chi connectivity index (χ1v) is 9.83. The van der Waals surface area contributed by atoms with Gasteiger partial charge in [-0.15, -0.1) is 0 Å². The van der Waals surface area contributed by atoms with E-state index in [2.05, 4.69) is 9.71 Å². The van der Waals surface area contributed by atoms with E-state index in [1.54, 1.807) is 44.3 Å². The van der Waals surface area contributed by atoms with Crippen molar-refractivity contribution in [2.24, 2.45) is 4.99 Å². The minimum atomic E-state index is -3.62. The molecule has 0 saturated heterocycles. The largest absolute Gasteiger partial charge is 0.340 e. The fraction of sp³-hybridized carbons (Fsp3) is 0.222. The third-order valence-electron chi connectivity index (χ3n) is 4.03. The van der Waals surface area contributed by atoms with Crippen molar-refractivity contribution in [1.82, 2.24) is 9.62 Å². The monoisotopic (exact) mass is 391 g/mol. The van der Waals surface area contributed by atoms with E-state index in [-0.39, 0.29) is 16.6 Å². The molecule has 1 atom stereocenters. The summed E-state index contributed by atoms with van der Waals surface area (Å²) >= 11 is 5.97. The van der Waals surface area contributed by atoms with E-state index in [9.17, 15) is 13.2 Å². The number of amides is 1. The fourth-order valence-corrected chi connectivity index (χ4v) is 4.24. The molecule has 0 fully saturated rings. The second kappa shape index (κ2) is 7.09. The van der Waals surface area contributed by atoms with Gasteiger partial charge in [0.15, 0.2) is 0 Å². The van der Waals surface area contributed by atoms with Crippen molar-refractivity contribution >= 4 is 33.4 Å². The maximum Gasteiger partial charge on any atom is 0.263 e. The number of amidine groups is 1. The van der Waals surface area contributed by atoms with Gasteiger partial charge in [0.1, 0.15) is 11.9 Å². The molecule has 0 saturated carbocycles. The first-order valence-electron chi connectivity index (χ1n) is 7.97. The zero-order valence-electron chi connectivity index (χ0n) is 14.3. The van der Waals surface area contributed by atoms with E-state index in [1.807, 2.05) is 12.1 Å². The summed E-state index contributed by atoms with van der Waals surface area (Å²) in [6.07, 6.45) is 0. The van der Waals surface area contributed by atoms with Gasteiger partial charge in [0.05, 0.1) is 4.90 Å². The molecule has 1 heterocycles. The van der Waals surface area contributed by atoms with Crippen molar-refractivity contribution < 1.29 is 13.2 Å². The number of fused-ring (bicyclic) bond motifs is 1. The van der Waals surface area contributed by atoms with Crippen LogP contribution >= 0.6 is 11.6 Å². The highest BCUT2D eigenvalue weighted by Gasteiger charge is 2.31. The van der Waals surface area contributed by atoms with E-state index in [1.165, 1.54) is 11.0 Å². The molecule has 6 nitrogen and oxygen atoms in total. The number of hydrogen-bond acceptors (Lipinski definition) is 4. The summed E-state index contributed by atoms with van der Waals surface area (Å²) in [7, 11) is -1.95. The van der Waals surface area contributed by atoms with Crippen LogP contribution in [0.4, 0.5) is 0 Å². The van der Waals surface area contributed by atoms with Crippen LogP contribution in [0, 0.1) is 0 Å². The summed E-state index contributed by atoms with van der Waals surface area (Å²) in [6, 6.07) is 13.1. The Kier molecular flexibility index (Phi) is 5.02. The molecule has 3 rings (SSSR count). The second-order valence-electron chi connectivity index (χ2n) is 6.08. The summed E-state index contributed by atoms with van der Waals surface area (Å²) in [4.78, 5) is 18.6. The number of sulfonamides is 1. The van der Waals surface area contributed by atoms with Gasteiger partial charge in [-0.2, -0.15) is 0 Å². The molecule has 0 aromatic heterocycles.